The Labute approximate surface area is 181 Å². The molecule has 1 aliphatic rings. The largest absolute Gasteiger partial charge is 0.376 e. The van der Waals surface area contributed by atoms with Crippen molar-refractivity contribution in [1.82, 2.24) is 14.9 Å². The van der Waals surface area contributed by atoms with Gasteiger partial charge in [-0.15, -0.1) is 0 Å². The zero-order chi connectivity index (χ0) is 22.5. The van der Waals surface area contributed by atoms with Crippen LogP contribution in [-0.2, 0) is 20.9 Å². The van der Waals surface area contributed by atoms with Crippen molar-refractivity contribution in [3.63, 3.8) is 0 Å². The van der Waals surface area contributed by atoms with Gasteiger partial charge in [0.1, 0.15) is 0 Å². The average molecular weight is 456 g/mol. The molecular weight excluding hydrogens is 433 g/mol. The molecule has 3 rings (SSSR count). The molecule has 168 valence electrons. The van der Waals surface area contributed by atoms with Crippen LogP contribution in [0.2, 0.25) is 0 Å². The van der Waals surface area contributed by atoms with Crippen LogP contribution in [0.4, 0.5) is 18.9 Å². The van der Waals surface area contributed by atoms with Crippen LogP contribution in [0.15, 0.2) is 17.3 Å². The van der Waals surface area contributed by atoms with Gasteiger partial charge in [0.15, 0.2) is 22.6 Å². The molecule has 2 aromatic rings. The van der Waals surface area contributed by atoms with Crippen LogP contribution in [-0.4, -0.2) is 46.4 Å². The lowest BCUT2D eigenvalue weighted by Crippen LogP contribution is -2.34. The topological polar surface area (TPSA) is 85.3 Å². The molecule has 2 heterocycles. The van der Waals surface area contributed by atoms with Gasteiger partial charge >= 0.3 is 0 Å². The summed E-state index contributed by atoms with van der Waals surface area (Å²) < 4.78 is 47.5. The Kier molecular flexibility index (Phi) is 7.60. The lowest BCUT2D eigenvalue weighted by atomic mass is 10.2. The standard InChI is InChI=1S/C20H23F3N4O3S/c1-11-12(2)27(9-13-4-3-7-30-13)20(25-11)31-10-17(29)24-8-16(28)26-15-6-5-14(21)18(22)19(15)23/h5-6,13H,3-4,7-10H2,1-2H3,(H,24,29)(H,26,28)/t13-/m1/s1. The highest BCUT2D eigenvalue weighted by Crippen LogP contribution is 2.24. The number of benzene rings is 1. The van der Waals surface area contributed by atoms with Gasteiger partial charge in [0.2, 0.25) is 11.8 Å². The van der Waals surface area contributed by atoms with E-state index in [1.54, 1.807) is 0 Å². The molecule has 1 atom stereocenters. The molecule has 0 unspecified atom stereocenters. The first-order valence-electron chi connectivity index (χ1n) is 9.74. The first-order valence-corrected chi connectivity index (χ1v) is 10.7. The number of ether oxygens (including phenoxy) is 1. The van der Waals surface area contributed by atoms with Crippen molar-refractivity contribution in [1.29, 1.82) is 0 Å². The third-order valence-electron chi connectivity index (χ3n) is 4.92. The quantitative estimate of drug-likeness (QED) is 0.471. The fourth-order valence-corrected chi connectivity index (χ4v) is 4.05. The molecule has 2 N–H and O–H groups in total. The van der Waals surface area contributed by atoms with E-state index in [4.69, 9.17) is 4.74 Å². The number of aryl methyl sites for hydroxylation is 1. The Hall–Kier alpha value is -2.53. The summed E-state index contributed by atoms with van der Waals surface area (Å²) in [6, 6.07) is 1.60. The van der Waals surface area contributed by atoms with Crippen molar-refractivity contribution in [2.24, 2.45) is 0 Å². The summed E-state index contributed by atoms with van der Waals surface area (Å²) in [6.45, 7) is 4.83. The number of carbonyl (C=O) groups is 2. The number of amides is 2. The molecule has 7 nitrogen and oxygen atoms in total. The summed E-state index contributed by atoms with van der Waals surface area (Å²) in [5, 5.41) is 5.19. The fraction of sp³-hybridized carbons (Fsp3) is 0.450. The average Bonchev–Trinajstić information content (AvgIpc) is 3.35. The summed E-state index contributed by atoms with van der Waals surface area (Å²) >= 11 is 1.24. The Bertz CT molecular complexity index is 977. The van der Waals surface area contributed by atoms with Crippen LogP contribution >= 0.6 is 11.8 Å². The van der Waals surface area contributed by atoms with E-state index in [1.165, 1.54) is 11.8 Å². The van der Waals surface area contributed by atoms with Crippen LogP contribution in [0.1, 0.15) is 24.2 Å². The van der Waals surface area contributed by atoms with E-state index < -0.39 is 41.5 Å². The molecule has 2 amide bonds. The molecule has 0 bridgehead atoms. The maximum Gasteiger partial charge on any atom is 0.243 e. The second-order valence-electron chi connectivity index (χ2n) is 7.15. The molecule has 31 heavy (non-hydrogen) atoms. The van der Waals surface area contributed by atoms with E-state index in [9.17, 15) is 22.8 Å². The number of imidazole rings is 1. The molecule has 0 radical (unpaired) electrons. The normalized spacial score (nSPS) is 15.8. The second kappa shape index (κ2) is 10.2. The fourth-order valence-electron chi connectivity index (χ4n) is 3.12. The molecular formula is C20H23F3N4O3S. The Morgan fingerprint density at radius 3 is 2.71 bits per heavy atom. The van der Waals surface area contributed by atoms with Gasteiger partial charge in [0.05, 0.1) is 36.3 Å². The second-order valence-corrected chi connectivity index (χ2v) is 8.09. The zero-order valence-electron chi connectivity index (χ0n) is 17.1. The number of aromatic nitrogens is 2. The summed E-state index contributed by atoms with van der Waals surface area (Å²) in [5.74, 6) is -5.71. The Balaban J connectivity index is 1.50. The van der Waals surface area contributed by atoms with Gasteiger partial charge in [-0.3, -0.25) is 9.59 Å². The summed E-state index contributed by atoms with van der Waals surface area (Å²) in [4.78, 5) is 28.5. The number of hydrogen-bond acceptors (Lipinski definition) is 5. The number of anilines is 1. The summed E-state index contributed by atoms with van der Waals surface area (Å²) in [6.07, 6.45) is 2.13. The van der Waals surface area contributed by atoms with E-state index in [0.29, 0.717) is 17.8 Å². The summed E-state index contributed by atoms with van der Waals surface area (Å²) in [5.41, 5.74) is 1.37. The predicted octanol–water partition coefficient (Wildman–Crippen LogP) is 2.94. The molecule has 1 saturated heterocycles. The molecule has 1 aromatic carbocycles. The highest BCUT2D eigenvalue weighted by atomic mass is 32.2. The smallest absolute Gasteiger partial charge is 0.243 e. The highest BCUT2D eigenvalue weighted by molar-refractivity contribution is 7.99. The van der Waals surface area contributed by atoms with Gasteiger partial charge in [0, 0.05) is 12.3 Å². The van der Waals surface area contributed by atoms with Gasteiger partial charge in [0.25, 0.3) is 0 Å². The Morgan fingerprint density at radius 1 is 1.23 bits per heavy atom. The minimum Gasteiger partial charge on any atom is -0.376 e. The van der Waals surface area contributed by atoms with Crippen molar-refractivity contribution in [3.8, 4) is 0 Å². The highest BCUT2D eigenvalue weighted by Gasteiger charge is 2.21. The number of nitrogens with zero attached hydrogens (tertiary/aromatic N) is 2. The van der Waals surface area contributed by atoms with E-state index in [1.807, 2.05) is 18.4 Å². The third kappa shape index (κ3) is 5.79. The molecule has 1 fully saturated rings. The van der Waals surface area contributed by atoms with Crippen LogP contribution in [0, 0.1) is 31.3 Å². The number of carbonyl (C=O) groups excluding carboxylic acids is 2. The van der Waals surface area contributed by atoms with Crippen LogP contribution in [0.5, 0.6) is 0 Å². The van der Waals surface area contributed by atoms with Crippen molar-refractivity contribution in [2.75, 3.05) is 24.2 Å². The molecule has 0 spiro atoms. The predicted molar refractivity (Wildman–Crippen MR) is 109 cm³/mol. The Morgan fingerprint density at radius 2 is 2.00 bits per heavy atom. The third-order valence-corrected chi connectivity index (χ3v) is 5.90. The minimum absolute atomic E-state index is 0.0221. The minimum atomic E-state index is -1.68. The van der Waals surface area contributed by atoms with Gasteiger partial charge in [-0.2, -0.15) is 0 Å². The van der Waals surface area contributed by atoms with Gasteiger partial charge in [-0.1, -0.05) is 11.8 Å². The van der Waals surface area contributed by atoms with E-state index in [0.717, 1.165) is 36.9 Å². The molecule has 1 aromatic heterocycles. The van der Waals surface area contributed by atoms with Crippen LogP contribution < -0.4 is 10.6 Å². The van der Waals surface area contributed by atoms with Crippen molar-refractivity contribution >= 4 is 29.3 Å². The van der Waals surface area contributed by atoms with Gasteiger partial charge in [-0.25, -0.2) is 18.2 Å². The van der Waals surface area contributed by atoms with Crippen LogP contribution in [0.25, 0.3) is 0 Å². The van der Waals surface area contributed by atoms with E-state index in [2.05, 4.69) is 15.6 Å². The summed E-state index contributed by atoms with van der Waals surface area (Å²) in [7, 11) is 0. The molecule has 1 aliphatic heterocycles. The maximum atomic E-state index is 13.6. The first-order chi connectivity index (χ1) is 14.8. The van der Waals surface area contributed by atoms with Crippen molar-refractivity contribution in [2.45, 2.75) is 44.5 Å². The SMILES string of the molecule is Cc1nc(SCC(=O)NCC(=O)Nc2ccc(F)c(F)c2F)n(C[C@H]2CCCO2)c1C. The number of halogens is 3. The monoisotopic (exact) mass is 456 g/mol. The molecule has 11 heteroatoms. The van der Waals surface area contributed by atoms with Crippen molar-refractivity contribution in [3.05, 3.63) is 41.0 Å². The lowest BCUT2D eigenvalue weighted by Gasteiger charge is -2.14. The molecule has 0 saturated carbocycles. The van der Waals surface area contributed by atoms with Gasteiger partial charge < -0.3 is 19.9 Å². The first kappa shape index (κ1) is 23.1. The van der Waals surface area contributed by atoms with Crippen LogP contribution in [0.3, 0.4) is 0 Å². The zero-order valence-corrected chi connectivity index (χ0v) is 18.0. The van der Waals surface area contributed by atoms with E-state index >= 15 is 0 Å². The maximum absolute atomic E-state index is 13.6. The van der Waals surface area contributed by atoms with Crippen molar-refractivity contribution < 1.29 is 27.5 Å². The van der Waals surface area contributed by atoms with E-state index in [-0.39, 0.29) is 11.9 Å². The number of thioether (sulfide) groups is 1. The molecule has 0 aliphatic carbocycles. The number of nitrogens with one attached hydrogen (secondary N) is 2. The van der Waals surface area contributed by atoms with Gasteiger partial charge in [-0.05, 0) is 38.8 Å². The lowest BCUT2D eigenvalue weighted by molar-refractivity contribution is -0.122. The number of rotatable bonds is 8. The number of hydrogen-bond donors (Lipinski definition) is 2.